The molecule has 0 saturated carbocycles. The third kappa shape index (κ3) is 3.23. The molecule has 3 aromatic rings. The third-order valence-corrected chi connectivity index (χ3v) is 5.55. The van der Waals surface area contributed by atoms with Gasteiger partial charge >= 0.3 is 0 Å². The summed E-state index contributed by atoms with van der Waals surface area (Å²) in [4.78, 5) is 4.26. The van der Waals surface area contributed by atoms with Gasteiger partial charge in [0.05, 0.1) is 33.1 Å². The van der Waals surface area contributed by atoms with Gasteiger partial charge in [0.15, 0.2) is 17.7 Å². The first-order valence-electron chi connectivity index (χ1n) is 9.96. The molecule has 2 aliphatic heterocycles. The molecule has 5 rings (SSSR count). The van der Waals surface area contributed by atoms with Crippen LogP contribution >= 0.6 is 0 Å². The van der Waals surface area contributed by atoms with Crippen LogP contribution in [0.5, 0.6) is 23.0 Å². The van der Waals surface area contributed by atoms with E-state index in [9.17, 15) is 0 Å². The zero-order valence-electron chi connectivity index (χ0n) is 17.5. The average Bonchev–Trinajstić information content (AvgIpc) is 3.29. The summed E-state index contributed by atoms with van der Waals surface area (Å²) in [6.45, 7) is 0. The number of nitrogens with zero attached hydrogens (tertiary/aromatic N) is 2. The van der Waals surface area contributed by atoms with Crippen LogP contribution in [0.1, 0.15) is 29.0 Å². The molecule has 0 amide bonds. The van der Waals surface area contributed by atoms with Gasteiger partial charge in [-0.2, -0.15) is 5.01 Å². The molecular formula is C24H23N3O4. The van der Waals surface area contributed by atoms with E-state index in [1.54, 1.807) is 27.5 Å². The normalized spacial score (nSPS) is 19.4. The molecule has 0 bridgehead atoms. The molecule has 0 unspecified atom stereocenters. The lowest BCUT2D eigenvalue weighted by Crippen LogP contribution is -2.43. The number of pyridine rings is 1. The van der Waals surface area contributed by atoms with E-state index in [0.29, 0.717) is 17.2 Å². The summed E-state index contributed by atoms with van der Waals surface area (Å²) in [7, 11) is 4.81. The Labute approximate surface area is 180 Å². The van der Waals surface area contributed by atoms with E-state index in [4.69, 9.17) is 18.9 Å². The lowest BCUT2D eigenvalue weighted by molar-refractivity contribution is -0.0328. The Kier molecular flexibility index (Phi) is 4.88. The van der Waals surface area contributed by atoms with Gasteiger partial charge < -0.3 is 24.4 Å². The van der Waals surface area contributed by atoms with Gasteiger partial charge in [-0.3, -0.25) is 4.98 Å². The number of nitrogens with one attached hydrogen (secondary N) is 1. The van der Waals surface area contributed by atoms with Crippen LogP contribution in [0, 0.1) is 0 Å². The summed E-state index contributed by atoms with van der Waals surface area (Å²) < 4.78 is 23.1. The summed E-state index contributed by atoms with van der Waals surface area (Å²) in [5.41, 5.74) is 7.49. The van der Waals surface area contributed by atoms with E-state index in [2.05, 4.69) is 27.6 Å². The van der Waals surface area contributed by atoms with Gasteiger partial charge in [0.25, 0.3) is 0 Å². The molecule has 0 spiro atoms. The molecule has 2 aliphatic rings. The SMILES string of the molecule is COc1cc([C@H]2Oc3ccccc3[C@@H]3C=C(c4cccnc4)NN23)cc(OC)c1OC. The molecule has 7 heteroatoms. The average molecular weight is 417 g/mol. The first-order chi connectivity index (χ1) is 15.2. The Balaban J connectivity index is 1.60. The van der Waals surface area contributed by atoms with Gasteiger partial charge in [0.2, 0.25) is 5.75 Å². The molecule has 158 valence electrons. The van der Waals surface area contributed by atoms with Crippen molar-refractivity contribution < 1.29 is 18.9 Å². The topological polar surface area (TPSA) is 65.1 Å². The fourth-order valence-electron chi connectivity index (χ4n) is 4.09. The van der Waals surface area contributed by atoms with Crippen molar-refractivity contribution in [1.82, 2.24) is 15.4 Å². The van der Waals surface area contributed by atoms with E-state index in [1.807, 2.05) is 48.7 Å². The predicted molar refractivity (Wildman–Crippen MR) is 116 cm³/mol. The molecule has 1 N–H and O–H groups in total. The molecule has 3 heterocycles. The maximum atomic E-state index is 6.45. The van der Waals surface area contributed by atoms with Crippen molar-refractivity contribution in [2.24, 2.45) is 0 Å². The van der Waals surface area contributed by atoms with Crippen LogP contribution in [0.2, 0.25) is 0 Å². The smallest absolute Gasteiger partial charge is 0.203 e. The lowest BCUT2D eigenvalue weighted by Gasteiger charge is -2.39. The molecule has 2 aromatic carbocycles. The molecule has 7 nitrogen and oxygen atoms in total. The number of rotatable bonds is 5. The molecule has 0 radical (unpaired) electrons. The molecule has 0 saturated heterocycles. The fourth-order valence-corrected chi connectivity index (χ4v) is 4.09. The minimum absolute atomic E-state index is 0.00996. The van der Waals surface area contributed by atoms with Gasteiger partial charge in [0.1, 0.15) is 5.75 Å². The fraction of sp³-hybridized carbons (Fsp3) is 0.208. The highest BCUT2D eigenvalue weighted by Crippen LogP contribution is 2.48. The van der Waals surface area contributed by atoms with Crippen molar-refractivity contribution in [3.05, 3.63) is 83.7 Å². The minimum atomic E-state index is -0.418. The predicted octanol–water partition coefficient (Wildman–Crippen LogP) is 4.10. The van der Waals surface area contributed by atoms with Crippen LogP contribution in [0.3, 0.4) is 0 Å². The minimum Gasteiger partial charge on any atom is -0.493 e. The van der Waals surface area contributed by atoms with Crippen LogP contribution in [-0.2, 0) is 0 Å². The summed E-state index contributed by atoms with van der Waals surface area (Å²) in [5, 5.41) is 2.09. The monoisotopic (exact) mass is 417 g/mol. The summed E-state index contributed by atoms with van der Waals surface area (Å²) >= 11 is 0. The molecule has 0 aliphatic carbocycles. The second-order valence-electron chi connectivity index (χ2n) is 7.25. The molecule has 1 aromatic heterocycles. The highest BCUT2D eigenvalue weighted by Gasteiger charge is 2.40. The second-order valence-corrected chi connectivity index (χ2v) is 7.25. The van der Waals surface area contributed by atoms with E-state index in [1.165, 1.54) is 0 Å². The van der Waals surface area contributed by atoms with Crippen LogP contribution in [0.15, 0.2) is 67.0 Å². The van der Waals surface area contributed by atoms with Gasteiger partial charge in [-0.05, 0) is 36.4 Å². The van der Waals surface area contributed by atoms with Crippen molar-refractivity contribution in [2.45, 2.75) is 12.3 Å². The molecule has 0 fully saturated rings. The van der Waals surface area contributed by atoms with Gasteiger partial charge in [-0.15, -0.1) is 0 Å². The highest BCUT2D eigenvalue weighted by atomic mass is 16.5. The summed E-state index contributed by atoms with van der Waals surface area (Å²) in [6, 6.07) is 15.9. The lowest BCUT2D eigenvalue weighted by atomic mass is 10.0. The Hall–Kier alpha value is -3.71. The second kappa shape index (κ2) is 7.85. The first kappa shape index (κ1) is 19.3. The Morgan fingerprint density at radius 1 is 0.968 bits per heavy atom. The number of benzene rings is 2. The van der Waals surface area contributed by atoms with Crippen LogP contribution in [-0.4, -0.2) is 31.3 Å². The maximum Gasteiger partial charge on any atom is 0.203 e. The standard InChI is InChI=1S/C24H23N3O4/c1-28-21-11-16(12-22(29-2)23(21)30-3)24-27-19(17-8-4-5-9-20(17)31-24)13-18(26-27)15-7-6-10-25-14-15/h4-14,19,24,26H,1-3H3/t19-,24+/m0/s1. The number of para-hydroxylation sites is 1. The van der Waals surface area contributed by atoms with E-state index >= 15 is 0 Å². The van der Waals surface area contributed by atoms with E-state index < -0.39 is 6.23 Å². The number of hydrogen-bond acceptors (Lipinski definition) is 7. The third-order valence-electron chi connectivity index (χ3n) is 5.55. The first-order valence-corrected chi connectivity index (χ1v) is 9.96. The Morgan fingerprint density at radius 3 is 2.42 bits per heavy atom. The highest BCUT2D eigenvalue weighted by molar-refractivity contribution is 5.67. The summed E-state index contributed by atoms with van der Waals surface area (Å²) in [6.07, 6.45) is 5.39. The van der Waals surface area contributed by atoms with Crippen LogP contribution < -0.4 is 24.4 Å². The molecule has 2 atom stereocenters. The number of ether oxygens (including phenoxy) is 4. The van der Waals surface area contributed by atoms with E-state index in [-0.39, 0.29) is 6.04 Å². The van der Waals surface area contributed by atoms with Crippen molar-refractivity contribution in [3.8, 4) is 23.0 Å². The largest absolute Gasteiger partial charge is 0.493 e. The maximum absolute atomic E-state index is 6.45. The molecular weight excluding hydrogens is 394 g/mol. The van der Waals surface area contributed by atoms with Crippen molar-refractivity contribution in [2.75, 3.05) is 21.3 Å². The van der Waals surface area contributed by atoms with Crippen molar-refractivity contribution in [3.63, 3.8) is 0 Å². The van der Waals surface area contributed by atoms with Crippen LogP contribution in [0.25, 0.3) is 5.70 Å². The molecule has 31 heavy (non-hydrogen) atoms. The van der Waals surface area contributed by atoms with Crippen molar-refractivity contribution in [1.29, 1.82) is 0 Å². The Bertz CT molecular complexity index is 1110. The number of methoxy groups -OCH3 is 3. The zero-order chi connectivity index (χ0) is 21.4. The summed E-state index contributed by atoms with van der Waals surface area (Å²) in [5.74, 6) is 2.55. The number of hydrogen-bond donors (Lipinski definition) is 1. The number of fused-ring (bicyclic) bond motifs is 3. The van der Waals surface area contributed by atoms with Crippen molar-refractivity contribution >= 4 is 5.70 Å². The van der Waals surface area contributed by atoms with Gasteiger partial charge in [-0.25, -0.2) is 0 Å². The van der Waals surface area contributed by atoms with E-state index in [0.717, 1.165) is 28.1 Å². The number of hydrazine groups is 1. The van der Waals surface area contributed by atoms with Gasteiger partial charge in [-0.1, -0.05) is 18.2 Å². The Morgan fingerprint density at radius 2 is 1.74 bits per heavy atom. The quantitative estimate of drug-likeness (QED) is 0.670. The zero-order valence-corrected chi connectivity index (χ0v) is 17.5. The van der Waals surface area contributed by atoms with Gasteiger partial charge in [0, 0.05) is 29.1 Å². The number of aromatic nitrogens is 1. The van der Waals surface area contributed by atoms with Crippen LogP contribution in [0.4, 0.5) is 0 Å².